The average Bonchev–Trinajstić information content (AvgIpc) is 4.12. The van der Waals surface area contributed by atoms with Gasteiger partial charge in [-0.2, -0.15) is 0 Å². The predicted molar refractivity (Wildman–Crippen MR) is 263 cm³/mol. The average molecular weight is 934 g/mol. The third-order valence-electron chi connectivity index (χ3n) is 12.9. The van der Waals surface area contributed by atoms with Gasteiger partial charge in [-0.3, -0.25) is 33.8 Å². The van der Waals surface area contributed by atoms with Gasteiger partial charge in [-0.15, -0.1) is 0 Å². The molecule has 4 heterocycles. The van der Waals surface area contributed by atoms with Crippen LogP contribution in [0, 0.1) is 0 Å². The van der Waals surface area contributed by atoms with Crippen molar-refractivity contribution in [1.82, 2.24) is 41.0 Å². The number of nitrogens with zero attached hydrogens (tertiary/aromatic N) is 3. The lowest BCUT2D eigenvalue weighted by atomic mass is 10.00. The number of hydrogen-bond acceptors (Lipinski definition) is 7. The maximum absolute atomic E-state index is 14.9. The molecule has 0 aliphatic carbocycles. The summed E-state index contributed by atoms with van der Waals surface area (Å²) in [5.41, 5.74) is 16.1. The molecule has 0 bridgehead atoms. The molecule has 69 heavy (non-hydrogen) atoms. The van der Waals surface area contributed by atoms with E-state index in [1.807, 2.05) is 109 Å². The Balaban J connectivity index is 1.19. The van der Waals surface area contributed by atoms with Gasteiger partial charge in [-0.25, -0.2) is 0 Å². The molecule has 4 aromatic carbocycles. The molecular weight excluding hydrogens is 875 g/mol. The zero-order valence-electron chi connectivity index (χ0n) is 38.4. The number of carbonyl (C=O) groups is 6. The summed E-state index contributed by atoms with van der Waals surface area (Å²) in [5.74, 6) is -3.57. The minimum Gasteiger partial charge on any atom is -0.370 e. The number of benzene rings is 4. The van der Waals surface area contributed by atoms with Crippen LogP contribution in [-0.2, 0) is 54.5 Å². The minimum atomic E-state index is -1.25. The second kappa shape index (κ2) is 22.2. The van der Waals surface area contributed by atoms with Gasteiger partial charge in [0.2, 0.25) is 35.4 Å². The third kappa shape index (κ3) is 12.0. The Morgan fingerprint density at radius 2 is 1.12 bits per heavy atom. The topological polar surface area (TPSA) is 253 Å². The van der Waals surface area contributed by atoms with Crippen LogP contribution in [-0.4, -0.2) is 118 Å². The number of guanidine groups is 1. The van der Waals surface area contributed by atoms with E-state index in [4.69, 9.17) is 11.5 Å². The zero-order valence-corrected chi connectivity index (χ0v) is 38.4. The van der Waals surface area contributed by atoms with E-state index in [-0.39, 0.29) is 51.3 Å². The van der Waals surface area contributed by atoms with E-state index in [9.17, 15) is 28.8 Å². The number of rotatable bonds is 13. The van der Waals surface area contributed by atoms with Crippen molar-refractivity contribution >= 4 is 63.2 Å². The van der Waals surface area contributed by atoms with Gasteiger partial charge in [0.15, 0.2) is 5.96 Å². The van der Waals surface area contributed by atoms with E-state index in [0.29, 0.717) is 25.7 Å². The van der Waals surface area contributed by atoms with Gasteiger partial charge in [-0.1, -0.05) is 97.1 Å². The second-order valence-electron chi connectivity index (χ2n) is 17.8. The van der Waals surface area contributed by atoms with Gasteiger partial charge in [0.05, 0.1) is 6.54 Å². The fourth-order valence-corrected chi connectivity index (χ4v) is 9.38. The van der Waals surface area contributed by atoms with E-state index >= 15 is 0 Å². The first-order valence-corrected chi connectivity index (χ1v) is 23.5. The van der Waals surface area contributed by atoms with Crippen molar-refractivity contribution < 1.29 is 28.8 Å². The van der Waals surface area contributed by atoms with Crippen molar-refractivity contribution in [3.63, 3.8) is 0 Å². The second-order valence-corrected chi connectivity index (χ2v) is 17.8. The molecule has 0 unspecified atom stereocenters. The highest BCUT2D eigenvalue weighted by atomic mass is 16.2. The standard InChI is InChI=1S/C52H59N11O6/c53-52(54)55-24-11-21-41-50(68)63-25-12-22-45(63)51(69)62(26-23-33-13-3-1-4-14-33)32-46(64)58-43(28-35-30-56-39-19-9-7-17-37(35)39)48(66)60-42(27-34-15-5-2-6-16-34)47(65)61-44(49(67)59-41)29-36-31-57-40-20-10-8-18-38(36)40/h1-10,13-20,30-31,41-45,56-57H,11-12,21-29,32H2,(H,58,64)(H,59,67)(H,60,66)(H,61,65)(H4,53,54,55)/t41-,42+,43-,44-,45+/m0/s1. The first-order chi connectivity index (χ1) is 33.5. The molecule has 2 aliphatic rings. The number of aromatic amines is 2. The van der Waals surface area contributed by atoms with Gasteiger partial charge in [-0.05, 0) is 66.5 Å². The van der Waals surface area contributed by atoms with Crippen molar-refractivity contribution in [3.8, 4) is 0 Å². The Hall–Kier alpha value is -7.95. The number of nitrogens with two attached hydrogens (primary N) is 2. The first kappa shape index (κ1) is 47.5. The van der Waals surface area contributed by atoms with Crippen molar-refractivity contribution in [2.45, 2.75) is 81.6 Å². The van der Waals surface area contributed by atoms with Crippen molar-refractivity contribution in [1.29, 1.82) is 0 Å². The molecule has 2 aliphatic heterocycles. The Bertz CT molecular complexity index is 2800. The molecule has 358 valence electrons. The van der Waals surface area contributed by atoms with Gasteiger partial charge in [0.25, 0.3) is 0 Å². The van der Waals surface area contributed by atoms with Gasteiger partial charge < -0.3 is 52.5 Å². The predicted octanol–water partition coefficient (Wildman–Crippen LogP) is 2.75. The summed E-state index contributed by atoms with van der Waals surface area (Å²) in [7, 11) is 0. The van der Waals surface area contributed by atoms with Crippen LogP contribution in [0.15, 0.2) is 127 Å². The van der Waals surface area contributed by atoms with Crippen LogP contribution in [0.5, 0.6) is 0 Å². The summed E-state index contributed by atoms with van der Waals surface area (Å²) >= 11 is 0. The number of amides is 6. The van der Waals surface area contributed by atoms with E-state index in [2.05, 4.69) is 36.2 Å². The number of aliphatic imine (C=N–C) groups is 1. The Labute approximate surface area is 399 Å². The molecule has 2 aromatic heterocycles. The molecule has 0 saturated carbocycles. The molecule has 2 fully saturated rings. The normalized spacial score (nSPS) is 21.0. The van der Waals surface area contributed by atoms with Crippen LogP contribution in [0.4, 0.5) is 0 Å². The van der Waals surface area contributed by atoms with Gasteiger partial charge in [0, 0.05) is 73.1 Å². The van der Waals surface area contributed by atoms with E-state index in [1.165, 1.54) is 9.80 Å². The molecule has 0 spiro atoms. The molecule has 5 atom stereocenters. The lowest BCUT2D eigenvalue weighted by molar-refractivity contribution is -0.147. The summed E-state index contributed by atoms with van der Waals surface area (Å²) in [4.78, 5) is 102. The first-order valence-electron chi connectivity index (χ1n) is 23.5. The number of fused-ring (bicyclic) bond motifs is 3. The van der Waals surface area contributed by atoms with Gasteiger partial charge in [0.1, 0.15) is 30.2 Å². The summed E-state index contributed by atoms with van der Waals surface area (Å²) in [5, 5.41) is 13.5. The monoisotopic (exact) mass is 933 g/mol. The molecule has 17 nitrogen and oxygen atoms in total. The number of aromatic nitrogens is 2. The van der Waals surface area contributed by atoms with Crippen molar-refractivity contribution in [2.24, 2.45) is 16.5 Å². The zero-order chi connectivity index (χ0) is 48.3. The van der Waals surface area contributed by atoms with Crippen LogP contribution in [0.3, 0.4) is 0 Å². The molecule has 8 rings (SSSR count). The fourth-order valence-electron chi connectivity index (χ4n) is 9.38. The Morgan fingerprint density at radius 3 is 1.71 bits per heavy atom. The molecule has 0 radical (unpaired) electrons. The number of H-pyrrole nitrogens is 2. The lowest BCUT2D eigenvalue weighted by Gasteiger charge is -2.33. The molecule has 10 N–H and O–H groups in total. The van der Waals surface area contributed by atoms with Crippen molar-refractivity contribution in [2.75, 3.05) is 26.2 Å². The summed E-state index contributed by atoms with van der Waals surface area (Å²) < 4.78 is 0. The Morgan fingerprint density at radius 1 is 0.594 bits per heavy atom. The van der Waals surface area contributed by atoms with Gasteiger partial charge >= 0.3 is 0 Å². The highest BCUT2D eigenvalue weighted by Crippen LogP contribution is 2.24. The molecule has 6 amide bonds. The van der Waals surface area contributed by atoms with E-state index in [0.717, 1.165) is 44.1 Å². The maximum atomic E-state index is 14.9. The Kier molecular flexibility index (Phi) is 15.3. The largest absolute Gasteiger partial charge is 0.370 e. The quantitative estimate of drug-likeness (QED) is 0.0485. The fraction of sp³-hybridized carbons (Fsp3) is 0.327. The maximum Gasteiger partial charge on any atom is 0.245 e. The SMILES string of the molecule is NC(N)=NCCC[C@@H]1NC(=O)[C@H](Cc2c[nH]c3ccccc23)NC(=O)[C@@H](Cc2ccccc2)NC(=O)[C@H](Cc2c[nH]c3ccccc23)NC(=O)CN(CCc2ccccc2)C(=O)[C@H]2CCCN2C1=O. The molecular formula is C52H59N11O6. The highest BCUT2D eigenvalue weighted by Gasteiger charge is 2.41. The van der Waals surface area contributed by atoms with Crippen LogP contribution < -0.4 is 32.7 Å². The van der Waals surface area contributed by atoms with E-state index < -0.39 is 72.2 Å². The van der Waals surface area contributed by atoms with Crippen LogP contribution in [0.2, 0.25) is 0 Å². The third-order valence-corrected chi connectivity index (χ3v) is 12.9. The minimum absolute atomic E-state index is 0.0168. The molecule has 6 aromatic rings. The lowest BCUT2D eigenvalue weighted by Crippen LogP contribution is -2.61. The number of nitrogens with one attached hydrogen (secondary N) is 6. The molecule has 2 saturated heterocycles. The number of hydrogen-bond donors (Lipinski definition) is 8. The van der Waals surface area contributed by atoms with Crippen LogP contribution in [0.25, 0.3) is 21.8 Å². The number of carbonyl (C=O) groups excluding carboxylic acids is 6. The summed E-state index contributed by atoms with van der Waals surface area (Å²) in [6, 6.07) is 28.1. The van der Waals surface area contributed by atoms with Crippen LogP contribution >= 0.6 is 0 Å². The number of para-hydroxylation sites is 2. The van der Waals surface area contributed by atoms with E-state index in [1.54, 1.807) is 12.4 Å². The van der Waals surface area contributed by atoms with Crippen molar-refractivity contribution in [3.05, 3.63) is 144 Å². The van der Waals surface area contributed by atoms with Crippen LogP contribution in [0.1, 0.15) is 47.9 Å². The highest BCUT2D eigenvalue weighted by molar-refractivity contribution is 5.99. The smallest absolute Gasteiger partial charge is 0.245 e. The summed E-state index contributed by atoms with van der Waals surface area (Å²) in [6.07, 6.45) is 5.32. The summed E-state index contributed by atoms with van der Waals surface area (Å²) in [6.45, 7) is 0.133. The molecule has 17 heteroatoms.